The van der Waals surface area contributed by atoms with E-state index in [-0.39, 0.29) is 0 Å². The molecule has 0 unspecified atom stereocenters. The van der Waals surface area contributed by atoms with Crippen molar-refractivity contribution in [2.45, 2.75) is 0 Å². The van der Waals surface area contributed by atoms with E-state index in [0.717, 1.165) is 72.1 Å². The van der Waals surface area contributed by atoms with Crippen molar-refractivity contribution < 1.29 is 8.83 Å². The Kier molecular flexibility index (Phi) is 6.55. The smallest absolute Gasteiger partial charge is 0.143 e. The molecule has 248 valence electrons. The first kappa shape index (κ1) is 29.6. The van der Waals surface area contributed by atoms with Crippen molar-refractivity contribution in [2.24, 2.45) is 0 Å². The lowest BCUT2D eigenvalue weighted by atomic mass is 9.95. The monoisotopic (exact) mass is 677 g/mol. The van der Waals surface area contributed by atoms with Gasteiger partial charge in [0.25, 0.3) is 0 Å². The van der Waals surface area contributed by atoms with Crippen molar-refractivity contribution in [1.82, 2.24) is 0 Å². The van der Waals surface area contributed by atoms with E-state index < -0.39 is 0 Å². The van der Waals surface area contributed by atoms with E-state index >= 15 is 0 Å². The van der Waals surface area contributed by atoms with Gasteiger partial charge in [-0.15, -0.1) is 0 Å². The molecule has 0 saturated heterocycles. The van der Waals surface area contributed by atoms with Gasteiger partial charge in [-0.05, 0) is 98.9 Å². The Morgan fingerprint density at radius 1 is 0.321 bits per heavy atom. The van der Waals surface area contributed by atoms with E-state index in [0.29, 0.717) is 0 Å². The van der Waals surface area contributed by atoms with Crippen LogP contribution in [0.15, 0.2) is 197 Å². The molecule has 11 rings (SSSR count). The summed E-state index contributed by atoms with van der Waals surface area (Å²) in [5, 5.41) is 9.32. The van der Waals surface area contributed by atoms with Gasteiger partial charge in [-0.1, -0.05) is 127 Å². The van der Waals surface area contributed by atoms with Gasteiger partial charge < -0.3 is 13.7 Å². The number of anilines is 3. The second kappa shape index (κ2) is 11.7. The van der Waals surface area contributed by atoms with Gasteiger partial charge in [0.2, 0.25) is 0 Å². The van der Waals surface area contributed by atoms with Gasteiger partial charge in [0.15, 0.2) is 0 Å². The molecule has 0 radical (unpaired) electrons. The van der Waals surface area contributed by atoms with E-state index in [1.807, 2.05) is 18.2 Å². The predicted octanol–water partition coefficient (Wildman–Crippen LogP) is 14.6. The molecular formula is C50H31NO2. The average Bonchev–Trinajstić information content (AvgIpc) is 3.78. The number of rotatable bonds is 5. The number of para-hydroxylation sites is 2. The molecular weight excluding hydrogens is 647 g/mol. The Morgan fingerprint density at radius 2 is 0.868 bits per heavy atom. The van der Waals surface area contributed by atoms with E-state index in [1.54, 1.807) is 0 Å². The minimum atomic E-state index is 0.877. The molecule has 0 atom stereocenters. The van der Waals surface area contributed by atoms with E-state index in [4.69, 9.17) is 8.83 Å². The third kappa shape index (κ3) is 4.75. The van der Waals surface area contributed by atoms with Crippen LogP contribution in [-0.4, -0.2) is 0 Å². The van der Waals surface area contributed by atoms with Crippen molar-refractivity contribution in [3.05, 3.63) is 188 Å². The molecule has 3 heteroatoms. The quantitative estimate of drug-likeness (QED) is 0.182. The van der Waals surface area contributed by atoms with Crippen LogP contribution < -0.4 is 4.90 Å². The van der Waals surface area contributed by atoms with Crippen LogP contribution in [0.5, 0.6) is 0 Å². The van der Waals surface area contributed by atoms with Crippen LogP contribution in [0.1, 0.15) is 0 Å². The Bertz CT molecular complexity index is 3160. The molecule has 0 spiro atoms. The summed E-state index contributed by atoms with van der Waals surface area (Å²) in [5.74, 6) is 0. The lowest BCUT2D eigenvalue weighted by Crippen LogP contribution is -2.09. The standard InChI is InChI=1S/C50H31NO2/c1-3-13-39-32(10-1)12-9-17-40(39)33-20-24-36(25-21-33)51(38-28-29-48-44(31-38)42-15-5-7-18-46(42)52-48)37-26-22-34(23-27-37)49-41-14-4-2-11-35(41)30-45-43-16-6-8-19-47(43)53-50(45)49/h1-31H. The molecule has 0 amide bonds. The molecule has 0 bridgehead atoms. The summed E-state index contributed by atoms with van der Waals surface area (Å²) in [6.07, 6.45) is 0. The van der Waals surface area contributed by atoms with Gasteiger partial charge in [0.05, 0.1) is 0 Å². The summed E-state index contributed by atoms with van der Waals surface area (Å²) in [7, 11) is 0. The van der Waals surface area contributed by atoms with Crippen molar-refractivity contribution in [3.63, 3.8) is 0 Å². The summed E-state index contributed by atoms with van der Waals surface area (Å²) >= 11 is 0. The Labute approximate surface area is 305 Å². The van der Waals surface area contributed by atoms with Crippen LogP contribution in [0.4, 0.5) is 17.1 Å². The van der Waals surface area contributed by atoms with E-state index in [1.165, 1.54) is 32.7 Å². The summed E-state index contributed by atoms with van der Waals surface area (Å²) in [6, 6.07) is 66.8. The van der Waals surface area contributed by atoms with Gasteiger partial charge in [0, 0.05) is 44.2 Å². The highest BCUT2D eigenvalue weighted by Crippen LogP contribution is 2.44. The zero-order valence-electron chi connectivity index (χ0n) is 28.7. The lowest BCUT2D eigenvalue weighted by molar-refractivity contribution is 0.669. The number of benzene rings is 9. The largest absolute Gasteiger partial charge is 0.456 e. The van der Waals surface area contributed by atoms with Crippen molar-refractivity contribution in [2.75, 3.05) is 4.90 Å². The summed E-state index contributed by atoms with van der Waals surface area (Å²) < 4.78 is 12.8. The van der Waals surface area contributed by atoms with Crippen molar-refractivity contribution >= 4 is 82.5 Å². The maximum Gasteiger partial charge on any atom is 0.143 e. The first-order valence-electron chi connectivity index (χ1n) is 18.0. The molecule has 0 N–H and O–H groups in total. The van der Waals surface area contributed by atoms with Gasteiger partial charge in [-0.25, -0.2) is 0 Å². The van der Waals surface area contributed by atoms with Crippen LogP contribution in [-0.2, 0) is 0 Å². The summed E-state index contributed by atoms with van der Waals surface area (Å²) in [4.78, 5) is 2.33. The fraction of sp³-hybridized carbons (Fsp3) is 0. The minimum absolute atomic E-state index is 0.877. The number of furan rings is 2. The molecule has 3 nitrogen and oxygen atoms in total. The molecule has 2 aromatic heterocycles. The van der Waals surface area contributed by atoms with Crippen LogP contribution in [0.3, 0.4) is 0 Å². The molecule has 53 heavy (non-hydrogen) atoms. The van der Waals surface area contributed by atoms with Gasteiger partial charge in [-0.3, -0.25) is 0 Å². The van der Waals surface area contributed by atoms with Gasteiger partial charge >= 0.3 is 0 Å². The SMILES string of the molecule is c1ccc2c(-c3ccc(N(c4ccc(-c5c6ccccc6cc6c5oc5ccccc56)cc4)c4ccc5oc6ccccc6c5c4)cc3)cccc2c1. The lowest BCUT2D eigenvalue weighted by Gasteiger charge is -2.26. The number of fused-ring (bicyclic) bond motifs is 8. The van der Waals surface area contributed by atoms with Crippen LogP contribution in [0.2, 0.25) is 0 Å². The van der Waals surface area contributed by atoms with Crippen molar-refractivity contribution in [1.29, 1.82) is 0 Å². The molecule has 11 aromatic rings. The zero-order valence-corrected chi connectivity index (χ0v) is 28.7. The number of hydrogen-bond acceptors (Lipinski definition) is 3. The second-order valence-electron chi connectivity index (χ2n) is 13.7. The van der Waals surface area contributed by atoms with Gasteiger partial charge in [0.1, 0.15) is 22.3 Å². The van der Waals surface area contributed by atoms with Gasteiger partial charge in [-0.2, -0.15) is 0 Å². The Hall–Kier alpha value is -7.10. The van der Waals surface area contributed by atoms with Crippen LogP contribution in [0.25, 0.3) is 87.7 Å². The predicted molar refractivity (Wildman–Crippen MR) is 222 cm³/mol. The maximum atomic E-state index is 6.59. The highest BCUT2D eigenvalue weighted by atomic mass is 16.3. The molecule has 0 aliphatic carbocycles. The molecule has 2 heterocycles. The minimum Gasteiger partial charge on any atom is -0.456 e. The average molecular weight is 678 g/mol. The highest BCUT2D eigenvalue weighted by Gasteiger charge is 2.19. The highest BCUT2D eigenvalue weighted by molar-refractivity contribution is 6.18. The molecule has 0 fully saturated rings. The fourth-order valence-corrected chi connectivity index (χ4v) is 8.15. The number of nitrogens with zero attached hydrogens (tertiary/aromatic N) is 1. The molecule has 9 aromatic carbocycles. The normalized spacial score (nSPS) is 11.8. The van der Waals surface area contributed by atoms with Crippen LogP contribution in [0, 0.1) is 0 Å². The maximum absolute atomic E-state index is 6.59. The Balaban J connectivity index is 1.08. The molecule has 0 saturated carbocycles. The first-order valence-corrected chi connectivity index (χ1v) is 18.0. The zero-order chi connectivity index (χ0) is 34.9. The van der Waals surface area contributed by atoms with E-state index in [9.17, 15) is 0 Å². The topological polar surface area (TPSA) is 29.5 Å². The first-order chi connectivity index (χ1) is 26.3. The van der Waals surface area contributed by atoms with E-state index in [2.05, 4.69) is 175 Å². The molecule has 0 aliphatic heterocycles. The fourth-order valence-electron chi connectivity index (χ4n) is 8.15. The number of hydrogen-bond donors (Lipinski definition) is 0. The Morgan fingerprint density at radius 3 is 1.62 bits per heavy atom. The third-order valence-electron chi connectivity index (χ3n) is 10.6. The van der Waals surface area contributed by atoms with Crippen molar-refractivity contribution in [3.8, 4) is 22.3 Å². The summed E-state index contributed by atoms with van der Waals surface area (Å²) in [5.41, 5.74) is 11.4. The van der Waals surface area contributed by atoms with Crippen LogP contribution >= 0.6 is 0 Å². The third-order valence-corrected chi connectivity index (χ3v) is 10.6. The summed E-state index contributed by atoms with van der Waals surface area (Å²) in [6.45, 7) is 0. The second-order valence-corrected chi connectivity index (χ2v) is 13.7. The molecule has 0 aliphatic rings.